The van der Waals surface area contributed by atoms with E-state index in [9.17, 15) is 4.79 Å². The topological polar surface area (TPSA) is 29.3 Å². The molecule has 0 N–H and O–H groups in total. The van der Waals surface area contributed by atoms with Crippen LogP contribution in [0.1, 0.15) is 28.9 Å². The summed E-state index contributed by atoms with van der Waals surface area (Å²) in [6.07, 6.45) is 0. The van der Waals surface area contributed by atoms with Gasteiger partial charge in [-0.1, -0.05) is 30.3 Å². The molecule has 21 heavy (non-hydrogen) atoms. The minimum Gasteiger partial charge on any atom is -0.497 e. The zero-order valence-corrected chi connectivity index (χ0v) is 12.3. The molecule has 1 aliphatic rings. The summed E-state index contributed by atoms with van der Waals surface area (Å²) in [6, 6.07) is 17.9. The number of hydrogen-bond donors (Lipinski definition) is 0. The van der Waals surface area contributed by atoms with E-state index in [-0.39, 0.29) is 17.9 Å². The molecule has 0 aliphatic carbocycles. The van der Waals surface area contributed by atoms with Crippen molar-refractivity contribution >= 4 is 5.78 Å². The SMILES string of the molecule is COc1ccc(C(=O)[C@@H]2CN2[C@H](C)c2ccccc2)cc1. The molecule has 2 aromatic rings. The number of hydrogen-bond acceptors (Lipinski definition) is 3. The van der Waals surface area contributed by atoms with E-state index in [0.29, 0.717) is 0 Å². The second-order valence-electron chi connectivity index (χ2n) is 5.39. The highest BCUT2D eigenvalue weighted by atomic mass is 16.5. The van der Waals surface area contributed by atoms with Crippen molar-refractivity contribution in [2.45, 2.75) is 19.0 Å². The molecule has 3 nitrogen and oxygen atoms in total. The first-order valence-electron chi connectivity index (χ1n) is 7.19. The number of carbonyl (C=O) groups is 1. The summed E-state index contributed by atoms with van der Waals surface area (Å²) in [4.78, 5) is 14.7. The second kappa shape index (κ2) is 5.70. The third-order valence-electron chi connectivity index (χ3n) is 4.11. The highest BCUT2D eigenvalue weighted by Gasteiger charge is 2.43. The summed E-state index contributed by atoms with van der Waals surface area (Å²) >= 11 is 0. The van der Waals surface area contributed by atoms with Crippen LogP contribution in [0.5, 0.6) is 5.75 Å². The molecule has 0 bridgehead atoms. The fourth-order valence-corrected chi connectivity index (χ4v) is 2.68. The number of carbonyl (C=O) groups excluding carboxylic acids is 1. The lowest BCUT2D eigenvalue weighted by Crippen LogP contribution is -2.16. The standard InChI is InChI=1S/C18H19NO2/c1-13(14-6-4-3-5-7-14)19-12-17(19)18(20)15-8-10-16(21-2)11-9-15/h3-11,13,17H,12H2,1-2H3/t13-,17+,19?/m1/s1. The summed E-state index contributed by atoms with van der Waals surface area (Å²) in [5.41, 5.74) is 2.01. The van der Waals surface area contributed by atoms with Gasteiger partial charge in [0.05, 0.1) is 13.2 Å². The third kappa shape index (κ3) is 2.83. The van der Waals surface area contributed by atoms with Crippen molar-refractivity contribution in [1.82, 2.24) is 4.90 Å². The number of benzene rings is 2. The molecule has 3 atom stereocenters. The zero-order chi connectivity index (χ0) is 14.8. The summed E-state index contributed by atoms with van der Waals surface area (Å²) in [5, 5.41) is 0. The Morgan fingerprint density at radius 1 is 1.14 bits per heavy atom. The van der Waals surface area contributed by atoms with Gasteiger partial charge in [0.2, 0.25) is 0 Å². The van der Waals surface area contributed by atoms with Gasteiger partial charge >= 0.3 is 0 Å². The van der Waals surface area contributed by atoms with Crippen LogP contribution >= 0.6 is 0 Å². The highest BCUT2D eigenvalue weighted by molar-refractivity contribution is 6.02. The Balaban J connectivity index is 1.68. The predicted molar refractivity (Wildman–Crippen MR) is 82.7 cm³/mol. The summed E-state index contributed by atoms with van der Waals surface area (Å²) < 4.78 is 5.12. The Labute approximate surface area is 125 Å². The number of ether oxygens (including phenoxy) is 1. The van der Waals surface area contributed by atoms with Crippen molar-refractivity contribution in [3.8, 4) is 5.75 Å². The van der Waals surface area contributed by atoms with E-state index in [1.165, 1.54) is 5.56 Å². The van der Waals surface area contributed by atoms with Crippen LogP contribution < -0.4 is 4.74 Å². The summed E-state index contributed by atoms with van der Waals surface area (Å²) in [6.45, 7) is 2.98. The zero-order valence-electron chi connectivity index (χ0n) is 12.3. The van der Waals surface area contributed by atoms with Crippen molar-refractivity contribution in [2.75, 3.05) is 13.7 Å². The number of ketones is 1. The minimum atomic E-state index is 0.00796. The van der Waals surface area contributed by atoms with Crippen LogP contribution in [0.15, 0.2) is 54.6 Å². The largest absolute Gasteiger partial charge is 0.497 e. The second-order valence-corrected chi connectivity index (χ2v) is 5.39. The number of nitrogens with zero attached hydrogens (tertiary/aromatic N) is 1. The summed E-state index contributed by atoms with van der Waals surface area (Å²) in [5.74, 6) is 0.970. The van der Waals surface area contributed by atoms with Gasteiger partial charge in [-0.15, -0.1) is 0 Å². The Morgan fingerprint density at radius 2 is 1.81 bits per heavy atom. The first-order valence-corrected chi connectivity index (χ1v) is 7.19. The van der Waals surface area contributed by atoms with Crippen LogP contribution in [-0.4, -0.2) is 30.4 Å². The molecule has 1 aliphatic heterocycles. The van der Waals surface area contributed by atoms with Gasteiger partial charge in [-0.2, -0.15) is 0 Å². The lowest BCUT2D eigenvalue weighted by atomic mass is 10.1. The molecule has 3 heteroatoms. The Kier molecular flexibility index (Phi) is 3.76. The maximum Gasteiger partial charge on any atom is 0.181 e. The van der Waals surface area contributed by atoms with Gasteiger partial charge in [0.15, 0.2) is 5.78 Å². The lowest BCUT2D eigenvalue weighted by Gasteiger charge is -2.14. The molecule has 108 valence electrons. The molecule has 2 aromatic carbocycles. The monoisotopic (exact) mass is 281 g/mol. The third-order valence-corrected chi connectivity index (χ3v) is 4.11. The van der Waals surface area contributed by atoms with Crippen molar-refractivity contribution in [2.24, 2.45) is 0 Å². The molecule has 1 fully saturated rings. The average molecular weight is 281 g/mol. The average Bonchev–Trinajstić information content (AvgIpc) is 3.35. The van der Waals surface area contributed by atoms with Gasteiger partial charge < -0.3 is 4.74 Å². The van der Waals surface area contributed by atoms with E-state index in [1.54, 1.807) is 7.11 Å². The molecule has 0 spiro atoms. The quantitative estimate of drug-likeness (QED) is 0.622. The van der Waals surface area contributed by atoms with Crippen molar-refractivity contribution in [3.05, 3.63) is 65.7 Å². The minimum absolute atomic E-state index is 0.00796. The summed E-state index contributed by atoms with van der Waals surface area (Å²) in [7, 11) is 1.63. The van der Waals surface area contributed by atoms with Crippen LogP contribution in [-0.2, 0) is 0 Å². The maximum atomic E-state index is 12.5. The van der Waals surface area contributed by atoms with E-state index in [2.05, 4.69) is 24.0 Å². The molecule has 3 rings (SSSR count). The van der Waals surface area contributed by atoms with Crippen molar-refractivity contribution in [3.63, 3.8) is 0 Å². The molecular formula is C18H19NO2. The number of Topliss-reactive ketones (excluding diaryl/α,β-unsaturated/α-hetero) is 1. The molecule has 0 radical (unpaired) electrons. The first-order chi connectivity index (χ1) is 10.2. The fraction of sp³-hybridized carbons (Fsp3) is 0.278. The Hall–Kier alpha value is -2.13. The highest BCUT2D eigenvalue weighted by Crippen LogP contribution is 2.33. The van der Waals surface area contributed by atoms with E-state index in [1.807, 2.05) is 42.5 Å². The smallest absolute Gasteiger partial charge is 0.181 e. The van der Waals surface area contributed by atoms with E-state index >= 15 is 0 Å². The van der Waals surface area contributed by atoms with E-state index in [4.69, 9.17) is 4.74 Å². The first kappa shape index (κ1) is 13.8. The molecular weight excluding hydrogens is 262 g/mol. The van der Waals surface area contributed by atoms with Crippen LogP contribution in [0.3, 0.4) is 0 Å². The molecule has 1 unspecified atom stereocenters. The Morgan fingerprint density at radius 3 is 2.43 bits per heavy atom. The lowest BCUT2D eigenvalue weighted by molar-refractivity contribution is 0.0969. The van der Waals surface area contributed by atoms with E-state index in [0.717, 1.165) is 17.9 Å². The number of methoxy groups -OCH3 is 1. The van der Waals surface area contributed by atoms with Crippen LogP contribution in [0.25, 0.3) is 0 Å². The Bertz CT molecular complexity index is 621. The predicted octanol–water partition coefficient (Wildman–Crippen LogP) is 3.32. The van der Waals surface area contributed by atoms with Crippen LogP contribution in [0.2, 0.25) is 0 Å². The molecule has 1 saturated heterocycles. The molecule has 0 saturated carbocycles. The van der Waals surface area contributed by atoms with Gasteiger partial charge in [-0.05, 0) is 36.8 Å². The van der Waals surface area contributed by atoms with Gasteiger partial charge in [0, 0.05) is 18.2 Å². The van der Waals surface area contributed by atoms with Crippen molar-refractivity contribution < 1.29 is 9.53 Å². The molecule has 0 aromatic heterocycles. The van der Waals surface area contributed by atoms with Gasteiger partial charge in [-0.3, -0.25) is 9.69 Å². The van der Waals surface area contributed by atoms with Gasteiger partial charge in [0.1, 0.15) is 5.75 Å². The van der Waals surface area contributed by atoms with Crippen LogP contribution in [0.4, 0.5) is 0 Å². The van der Waals surface area contributed by atoms with Gasteiger partial charge in [-0.25, -0.2) is 0 Å². The van der Waals surface area contributed by atoms with Crippen LogP contribution in [0, 0.1) is 0 Å². The van der Waals surface area contributed by atoms with E-state index < -0.39 is 0 Å². The molecule has 0 amide bonds. The molecule has 1 heterocycles. The fourth-order valence-electron chi connectivity index (χ4n) is 2.68. The van der Waals surface area contributed by atoms with Crippen molar-refractivity contribution in [1.29, 1.82) is 0 Å². The maximum absolute atomic E-state index is 12.5. The number of rotatable bonds is 5. The van der Waals surface area contributed by atoms with Gasteiger partial charge in [0.25, 0.3) is 0 Å². The normalized spacial score (nSPS) is 21.6.